The van der Waals surface area contributed by atoms with Crippen LogP contribution in [-0.4, -0.2) is 19.7 Å². The number of rotatable bonds is 0. The lowest BCUT2D eigenvalue weighted by molar-refractivity contribution is 0.715. The van der Waals surface area contributed by atoms with Gasteiger partial charge in [-0.2, -0.15) is 5.10 Å². The van der Waals surface area contributed by atoms with Gasteiger partial charge in [-0.3, -0.25) is 4.79 Å². The highest BCUT2D eigenvalue weighted by Gasteiger charge is 2.07. The van der Waals surface area contributed by atoms with Crippen LogP contribution in [0, 0.1) is 13.8 Å². The fraction of sp³-hybridized carbons (Fsp3) is 0.455. The van der Waals surface area contributed by atoms with Crippen molar-refractivity contribution in [1.82, 2.24) is 19.7 Å². The zero-order chi connectivity index (χ0) is 12.3. The molecule has 2 aromatic heterocycles. The SMILES string of the molecule is CC.Cc1nc(C)c2c(=O)n(C)ncc2n1. The summed E-state index contributed by atoms with van der Waals surface area (Å²) in [6, 6.07) is 0. The normalized spacial score (nSPS) is 9.81. The Kier molecular flexibility index (Phi) is 3.71. The van der Waals surface area contributed by atoms with Crippen molar-refractivity contribution in [3.8, 4) is 0 Å². The molecular weight excluding hydrogens is 204 g/mol. The Morgan fingerprint density at radius 2 is 1.81 bits per heavy atom. The molecule has 0 fully saturated rings. The monoisotopic (exact) mass is 220 g/mol. The van der Waals surface area contributed by atoms with Crippen LogP contribution in [0.3, 0.4) is 0 Å². The summed E-state index contributed by atoms with van der Waals surface area (Å²) in [7, 11) is 1.61. The number of hydrogen-bond acceptors (Lipinski definition) is 4. The van der Waals surface area contributed by atoms with E-state index in [9.17, 15) is 4.79 Å². The van der Waals surface area contributed by atoms with Crippen LogP contribution in [-0.2, 0) is 7.05 Å². The third-order valence-electron chi connectivity index (χ3n) is 2.09. The van der Waals surface area contributed by atoms with Crippen LogP contribution in [0.4, 0.5) is 0 Å². The Labute approximate surface area is 94.2 Å². The zero-order valence-electron chi connectivity index (χ0n) is 10.3. The van der Waals surface area contributed by atoms with Crippen LogP contribution in [0.1, 0.15) is 25.4 Å². The van der Waals surface area contributed by atoms with Crippen molar-refractivity contribution in [2.75, 3.05) is 0 Å². The van der Waals surface area contributed by atoms with Gasteiger partial charge in [0.15, 0.2) is 0 Å². The maximum atomic E-state index is 11.7. The molecule has 0 saturated heterocycles. The molecule has 2 heterocycles. The number of nitrogens with zero attached hydrogens (tertiary/aromatic N) is 4. The maximum absolute atomic E-state index is 11.7. The van der Waals surface area contributed by atoms with E-state index in [1.54, 1.807) is 27.1 Å². The fourth-order valence-corrected chi connectivity index (χ4v) is 1.45. The van der Waals surface area contributed by atoms with Gasteiger partial charge in [0.2, 0.25) is 0 Å². The first-order valence-corrected chi connectivity index (χ1v) is 5.27. The van der Waals surface area contributed by atoms with E-state index < -0.39 is 0 Å². The minimum atomic E-state index is -0.153. The van der Waals surface area contributed by atoms with E-state index in [-0.39, 0.29) is 5.56 Å². The first-order valence-electron chi connectivity index (χ1n) is 5.27. The van der Waals surface area contributed by atoms with Gasteiger partial charge < -0.3 is 0 Å². The summed E-state index contributed by atoms with van der Waals surface area (Å²) in [4.78, 5) is 20.0. The van der Waals surface area contributed by atoms with Crippen molar-refractivity contribution >= 4 is 10.9 Å². The molecule has 0 aromatic carbocycles. The lowest BCUT2D eigenvalue weighted by Crippen LogP contribution is -2.20. The average Bonchev–Trinajstić information content (AvgIpc) is 2.26. The molecule has 2 rings (SSSR count). The molecule has 0 aliphatic rings. The molecule has 0 aliphatic heterocycles. The van der Waals surface area contributed by atoms with Crippen LogP contribution < -0.4 is 5.56 Å². The highest BCUT2D eigenvalue weighted by Crippen LogP contribution is 2.08. The number of aromatic nitrogens is 4. The van der Waals surface area contributed by atoms with Crippen molar-refractivity contribution < 1.29 is 0 Å². The molecule has 16 heavy (non-hydrogen) atoms. The van der Waals surface area contributed by atoms with Crippen molar-refractivity contribution in [2.45, 2.75) is 27.7 Å². The molecular formula is C11H16N4O. The summed E-state index contributed by atoms with van der Waals surface area (Å²) >= 11 is 0. The summed E-state index contributed by atoms with van der Waals surface area (Å²) in [5, 5.41) is 4.45. The van der Waals surface area contributed by atoms with Crippen molar-refractivity contribution in [3.63, 3.8) is 0 Å². The van der Waals surface area contributed by atoms with Gasteiger partial charge in [-0.05, 0) is 13.8 Å². The van der Waals surface area contributed by atoms with E-state index in [0.717, 1.165) is 0 Å². The molecule has 2 aromatic rings. The summed E-state index contributed by atoms with van der Waals surface area (Å²) < 4.78 is 1.29. The first-order chi connectivity index (χ1) is 7.59. The summed E-state index contributed by atoms with van der Waals surface area (Å²) in [5.41, 5.74) is 1.16. The van der Waals surface area contributed by atoms with Gasteiger partial charge in [0.1, 0.15) is 5.82 Å². The molecule has 86 valence electrons. The van der Waals surface area contributed by atoms with Crippen LogP contribution in [0.15, 0.2) is 11.0 Å². The fourth-order valence-electron chi connectivity index (χ4n) is 1.45. The third kappa shape index (κ3) is 2.08. The molecule has 0 atom stereocenters. The number of fused-ring (bicyclic) bond motifs is 1. The second kappa shape index (κ2) is 4.83. The van der Waals surface area contributed by atoms with Crippen LogP contribution in [0.25, 0.3) is 10.9 Å². The first kappa shape index (κ1) is 12.3. The quantitative estimate of drug-likeness (QED) is 0.672. The Balaban J connectivity index is 0.000000606. The summed E-state index contributed by atoms with van der Waals surface area (Å²) in [6.07, 6.45) is 1.58. The number of hydrogen-bond donors (Lipinski definition) is 0. The molecule has 0 radical (unpaired) electrons. The number of aryl methyl sites for hydroxylation is 3. The molecule has 0 aliphatic carbocycles. The van der Waals surface area contributed by atoms with Gasteiger partial charge in [0.25, 0.3) is 5.56 Å². The molecule has 0 spiro atoms. The summed E-state index contributed by atoms with van der Waals surface area (Å²) in [6.45, 7) is 7.60. The van der Waals surface area contributed by atoms with E-state index in [4.69, 9.17) is 0 Å². The standard InChI is InChI=1S/C9H10N4O.C2H6/c1-5-8-7(12-6(2)11-5)4-10-13(3)9(8)14;1-2/h4H,1-3H3;1-2H3. The van der Waals surface area contributed by atoms with Crippen molar-refractivity contribution in [1.29, 1.82) is 0 Å². The van der Waals surface area contributed by atoms with Crippen LogP contribution >= 0.6 is 0 Å². The highest BCUT2D eigenvalue weighted by atomic mass is 16.1. The average molecular weight is 220 g/mol. The third-order valence-corrected chi connectivity index (χ3v) is 2.09. The topological polar surface area (TPSA) is 60.7 Å². The second-order valence-electron chi connectivity index (χ2n) is 3.19. The molecule has 0 N–H and O–H groups in total. The molecule has 5 heteroatoms. The predicted molar refractivity (Wildman–Crippen MR) is 63.4 cm³/mol. The Hall–Kier alpha value is -1.78. The van der Waals surface area contributed by atoms with Crippen molar-refractivity contribution in [3.05, 3.63) is 28.1 Å². The van der Waals surface area contributed by atoms with Crippen LogP contribution in [0.2, 0.25) is 0 Å². The van der Waals surface area contributed by atoms with Crippen LogP contribution in [0.5, 0.6) is 0 Å². The summed E-state index contributed by atoms with van der Waals surface area (Å²) in [5.74, 6) is 0.657. The minimum Gasteiger partial charge on any atom is -0.267 e. The lowest BCUT2D eigenvalue weighted by Gasteiger charge is -2.02. The lowest BCUT2D eigenvalue weighted by atomic mass is 10.2. The Bertz CT molecular complexity index is 560. The molecule has 0 bridgehead atoms. The molecule has 0 saturated carbocycles. The largest absolute Gasteiger partial charge is 0.277 e. The van der Waals surface area contributed by atoms with Gasteiger partial charge in [-0.1, -0.05) is 13.8 Å². The molecule has 0 unspecified atom stereocenters. The van der Waals surface area contributed by atoms with Gasteiger partial charge in [0, 0.05) is 7.05 Å². The smallest absolute Gasteiger partial charge is 0.267 e. The minimum absolute atomic E-state index is 0.153. The van der Waals surface area contributed by atoms with Gasteiger partial charge in [-0.25, -0.2) is 14.6 Å². The van der Waals surface area contributed by atoms with E-state index in [1.807, 2.05) is 13.8 Å². The van der Waals surface area contributed by atoms with Crippen molar-refractivity contribution in [2.24, 2.45) is 7.05 Å². The zero-order valence-corrected chi connectivity index (χ0v) is 10.3. The Morgan fingerprint density at radius 3 is 2.44 bits per heavy atom. The predicted octanol–water partition coefficient (Wildman–Crippen LogP) is 1.37. The maximum Gasteiger partial charge on any atom is 0.277 e. The van der Waals surface area contributed by atoms with Gasteiger partial charge in [0.05, 0.1) is 22.8 Å². The molecule has 5 nitrogen and oxygen atoms in total. The second-order valence-corrected chi connectivity index (χ2v) is 3.19. The van der Waals surface area contributed by atoms with E-state index in [1.165, 1.54) is 4.68 Å². The van der Waals surface area contributed by atoms with E-state index in [2.05, 4.69) is 15.1 Å². The highest BCUT2D eigenvalue weighted by molar-refractivity contribution is 5.78. The molecule has 0 amide bonds. The van der Waals surface area contributed by atoms with E-state index in [0.29, 0.717) is 22.4 Å². The van der Waals surface area contributed by atoms with Gasteiger partial charge in [-0.15, -0.1) is 0 Å². The van der Waals surface area contributed by atoms with Gasteiger partial charge >= 0.3 is 0 Å². The van der Waals surface area contributed by atoms with E-state index >= 15 is 0 Å². The Morgan fingerprint density at radius 1 is 1.19 bits per heavy atom.